The van der Waals surface area contributed by atoms with Crippen molar-refractivity contribution in [3.05, 3.63) is 35.9 Å². The van der Waals surface area contributed by atoms with E-state index < -0.39 is 0 Å². The van der Waals surface area contributed by atoms with Crippen LogP contribution in [0.1, 0.15) is 38.8 Å². The zero-order chi connectivity index (χ0) is 15.3. The fourth-order valence-corrected chi connectivity index (χ4v) is 3.06. The van der Waals surface area contributed by atoms with Crippen LogP contribution in [0.3, 0.4) is 0 Å². The number of ether oxygens (including phenoxy) is 1. The lowest BCUT2D eigenvalue weighted by Crippen LogP contribution is -2.53. The molecule has 0 aliphatic carbocycles. The number of hydrogen-bond donors (Lipinski definition) is 1. The Morgan fingerprint density at radius 1 is 1.29 bits per heavy atom. The molecule has 1 aliphatic rings. The number of piperazine rings is 1. The van der Waals surface area contributed by atoms with Gasteiger partial charge in [-0.1, -0.05) is 44.2 Å². The van der Waals surface area contributed by atoms with E-state index in [0.29, 0.717) is 17.5 Å². The quantitative estimate of drug-likeness (QED) is 0.871. The van der Waals surface area contributed by atoms with Gasteiger partial charge in [-0.25, -0.2) is 0 Å². The van der Waals surface area contributed by atoms with Crippen LogP contribution in [0.25, 0.3) is 0 Å². The molecule has 3 nitrogen and oxygen atoms in total. The topological polar surface area (TPSA) is 24.5 Å². The highest BCUT2D eigenvalue weighted by molar-refractivity contribution is 5.20. The van der Waals surface area contributed by atoms with Gasteiger partial charge >= 0.3 is 0 Å². The molecule has 0 spiro atoms. The van der Waals surface area contributed by atoms with Crippen LogP contribution in [0.2, 0.25) is 0 Å². The van der Waals surface area contributed by atoms with Crippen molar-refractivity contribution >= 4 is 0 Å². The van der Waals surface area contributed by atoms with Crippen LogP contribution < -0.4 is 5.32 Å². The third-order valence-electron chi connectivity index (χ3n) is 4.52. The van der Waals surface area contributed by atoms with Gasteiger partial charge in [0.05, 0.1) is 0 Å². The minimum absolute atomic E-state index is 0.294. The predicted molar refractivity (Wildman–Crippen MR) is 88.5 cm³/mol. The summed E-state index contributed by atoms with van der Waals surface area (Å²) in [7, 11) is 1.79. The Balaban J connectivity index is 1.98. The first-order valence-electron chi connectivity index (χ1n) is 8.03. The molecule has 0 amide bonds. The molecular formula is C18H30N2O. The summed E-state index contributed by atoms with van der Waals surface area (Å²) in [5.74, 6) is 0. The summed E-state index contributed by atoms with van der Waals surface area (Å²) in [6.07, 6.45) is 1.11. The summed E-state index contributed by atoms with van der Waals surface area (Å²) < 4.78 is 5.25. The molecule has 2 unspecified atom stereocenters. The minimum atomic E-state index is 0.294. The number of nitrogens with one attached hydrogen (secondary N) is 1. The lowest BCUT2D eigenvalue weighted by Gasteiger charge is -2.43. The van der Waals surface area contributed by atoms with Crippen LogP contribution in [0, 0.1) is 5.41 Å². The van der Waals surface area contributed by atoms with Crippen LogP contribution in [-0.2, 0) is 4.74 Å². The second-order valence-corrected chi connectivity index (χ2v) is 7.06. The molecule has 0 saturated carbocycles. The second-order valence-electron chi connectivity index (χ2n) is 7.06. The minimum Gasteiger partial charge on any atom is -0.385 e. The first-order chi connectivity index (χ1) is 10.0. The predicted octanol–water partition coefficient (Wildman–Crippen LogP) is 3.08. The molecule has 3 heteroatoms. The van der Waals surface area contributed by atoms with Crippen molar-refractivity contribution in [2.24, 2.45) is 5.41 Å². The van der Waals surface area contributed by atoms with Crippen molar-refractivity contribution in [2.45, 2.75) is 39.3 Å². The molecule has 2 atom stereocenters. The summed E-state index contributed by atoms with van der Waals surface area (Å²) >= 11 is 0. The Labute approximate surface area is 129 Å². The van der Waals surface area contributed by atoms with Gasteiger partial charge in [-0.2, -0.15) is 0 Å². The molecule has 1 aromatic carbocycles. The lowest BCUT2D eigenvalue weighted by atomic mass is 9.87. The Kier molecular flexibility index (Phi) is 5.80. The SMILES string of the molecule is COCCC(C)(C)CN1CC(c2ccccc2)NCC1C. The fourth-order valence-electron chi connectivity index (χ4n) is 3.06. The van der Waals surface area contributed by atoms with E-state index in [4.69, 9.17) is 4.74 Å². The van der Waals surface area contributed by atoms with Crippen molar-refractivity contribution in [1.82, 2.24) is 10.2 Å². The third-order valence-corrected chi connectivity index (χ3v) is 4.52. The molecule has 1 heterocycles. The molecule has 1 aromatic rings. The smallest absolute Gasteiger partial charge is 0.0467 e. The van der Waals surface area contributed by atoms with Gasteiger partial charge in [0.1, 0.15) is 0 Å². The Bertz CT molecular complexity index is 418. The summed E-state index contributed by atoms with van der Waals surface area (Å²) in [5.41, 5.74) is 1.69. The molecule has 21 heavy (non-hydrogen) atoms. The summed E-state index contributed by atoms with van der Waals surface area (Å²) in [5, 5.41) is 3.68. The van der Waals surface area contributed by atoms with Gasteiger partial charge in [0.15, 0.2) is 0 Å². The fraction of sp³-hybridized carbons (Fsp3) is 0.667. The third kappa shape index (κ3) is 4.80. The number of rotatable bonds is 6. The van der Waals surface area contributed by atoms with Crippen LogP contribution in [0.4, 0.5) is 0 Å². The van der Waals surface area contributed by atoms with Gasteiger partial charge in [0.2, 0.25) is 0 Å². The summed E-state index contributed by atoms with van der Waals surface area (Å²) in [6.45, 7) is 11.1. The molecule has 0 aromatic heterocycles. The van der Waals surface area contributed by atoms with Crippen molar-refractivity contribution in [3.63, 3.8) is 0 Å². The van der Waals surface area contributed by atoms with Crippen LogP contribution in [-0.4, -0.2) is 44.3 Å². The summed E-state index contributed by atoms with van der Waals surface area (Å²) in [6, 6.07) is 11.8. The van der Waals surface area contributed by atoms with E-state index in [1.54, 1.807) is 7.11 Å². The molecule has 2 rings (SSSR count). The second kappa shape index (κ2) is 7.39. The van der Waals surface area contributed by atoms with E-state index in [0.717, 1.165) is 32.7 Å². The van der Waals surface area contributed by atoms with Gasteiger partial charge in [-0.3, -0.25) is 4.90 Å². The van der Waals surface area contributed by atoms with Crippen LogP contribution >= 0.6 is 0 Å². The zero-order valence-corrected chi connectivity index (χ0v) is 13.9. The van der Waals surface area contributed by atoms with E-state index in [1.165, 1.54) is 5.56 Å². The lowest BCUT2D eigenvalue weighted by molar-refractivity contribution is 0.0709. The Morgan fingerprint density at radius 2 is 2.00 bits per heavy atom. The average Bonchev–Trinajstić information content (AvgIpc) is 2.48. The molecule has 1 saturated heterocycles. The van der Waals surface area contributed by atoms with Crippen molar-refractivity contribution in [1.29, 1.82) is 0 Å². The number of benzene rings is 1. The standard InChI is InChI=1S/C18H30N2O/c1-15-12-19-17(16-8-6-5-7-9-16)13-20(15)14-18(2,3)10-11-21-4/h5-9,15,17,19H,10-14H2,1-4H3. The first-order valence-corrected chi connectivity index (χ1v) is 8.03. The molecular weight excluding hydrogens is 260 g/mol. The molecule has 1 fully saturated rings. The van der Waals surface area contributed by atoms with Gasteiger partial charge in [0.25, 0.3) is 0 Å². The first kappa shape index (κ1) is 16.5. The zero-order valence-electron chi connectivity index (χ0n) is 13.9. The van der Waals surface area contributed by atoms with E-state index >= 15 is 0 Å². The van der Waals surface area contributed by atoms with Crippen LogP contribution in [0.15, 0.2) is 30.3 Å². The van der Waals surface area contributed by atoms with E-state index in [-0.39, 0.29) is 0 Å². The molecule has 118 valence electrons. The maximum absolute atomic E-state index is 5.25. The van der Waals surface area contributed by atoms with Crippen molar-refractivity contribution < 1.29 is 4.74 Å². The largest absolute Gasteiger partial charge is 0.385 e. The van der Waals surface area contributed by atoms with Gasteiger partial charge in [-0.05, 0) is 24.3 Å². The Morgan fingerprint density at radius 3 is 2.67 bits per heavy atom. The van der Waals surface area contributed by atoms with E-state index in [1.807, 2.05) is 0 Å². The number of hydrogen-bond acceptors (Lipinski definition) is 3. The summed E-state index contributed by atoms with van der Waals surface area (Å²) in [4.78, 5) is 2.63. The number of nitrogens with zero attached hydrogens (tertiary/aromatic N) is 1. The van der Waals surface area contributed by atoms with Gasteiger partial charge < -0.3 is 10.1 Å². The molecule has 0 radical (unpaired) electrons. The normalized spacial score (nSPS) is 24.2. The van der Waals surface area contributed by atoms with Gasteiger partial charge in [0, 0.05) is 45.4 Å². The highest BCUT2D eigenvalue weighted by Crippen LogP contribution is 2.27. The molecule has 1 aliphatic heterocycles. The van der Waals surface area contributed by atoms with Crippen molar-refractivity contribution in [2.75, 3.05) is 33.4 Å². The van der Waals surface area contributed by atoms with E-state index in [9.17, 15) is 0 Å². The van der Waals surface area contributed by atoms with Crippen LogP contribution in [0.5, 0.6) is 0 Å². The highest BCUT2D eigenvalue weighted by Gasteiger charge is 2.30. The monoisotopic (exact) mass is 290 g/mol. The highest BCUT2D eigenvalue weighted by atomic mass is 16.5. The van der Waals surface area contributed by atoms with Crippen molar-refractivity contribution in [3.8, 4) is 0 Å². The number of methoxy groups -OCH3 is 1. The molecule has 0 bridgehead atoms. The van der Waals surface area contributed by atoms with E-state index in [2.05, 4.69) is 61.3 Å². The average molecular weight is 290 g/mol. The van der Waals surface area contributed by atoms with Gasteiger partial charge in [-0.15, -0.1) is 0 Å². The maximum Gasteiger partial charge on any atom is 0.0467 e. The maximum atomic E-state index is 5.25. The Hall–Kier alpha value is -0.900. The molecule has 1 N–H and O–H groups in total.